The molecule has 0 aromatic carbocycles. The van der Waals surface area contributed by atoms with Gasteiger partial charge in [-0.3, -0.25) is 0 Å². The summed E-state index contributed by atoms with van der Waals surface area (Å²) in [4.78, 5) is 20.0. The first-order chi connectivity index (χ1) is 11.5. The van der Waals surface area contributed by atoms with Gasteiger partial charge in [0.05, 0.1) is 6.54 Å². The average Bonchev–Trinajstić information content (AvgIpc) is 2.74. The number of hydrogen-bond donors (Lipinski definition) is 0. The van der Waals surface area contributed by atoms with E-state index >= 15 is 0 Å². The molecule has 2 saturated heterocycles. The highest BCUT2D eigenvalue weighted by molar-refractivity contribution is 6.29. The third-order valence-electron chi connectivity index (χ3n) is 4.56. The molecule has 0 radical (unpaired) electrons. The lowest BCUT2D eigenvalue weighted by Gasteiger charge is -2.40. The predicted molar refractivity (Wildman–Crippen MR) is 96.1 cm³/mol. The van der Waals surface area contributed by atoms with Crippen LogP contribution < -0.4 is 4.90 Å². The number of hydrogen-bond acceptors (Lipinski definition) is 4. The van der Waals surface area contributed by atoms with Crippen molar-refractivity contribution in [3.05, 3.63) is 22.8 Å². The molecule has 1 aromatic rings. The first-order valence-electron chi connectivity index (χ1n) is 8.62. The van der Waals surface area contributed by atoms with Gasteiger partial charge in [0.1, 0.15) is 22.2 Å². The molecule has 2 aliphatic rings. The van der Waals surface area contributed by atoms with E-state index in [4.69, 9.17) is 16.3 Å². The van der Waals surface area contributed by atoms with Crippen LogP contribution in [-0.4, -0.2) is 53.4 Å². The fourth-order valence-corrected chi connectivity index (χ4v) is 3.40. The zero-order chi connectivity index (χ0) is 18.4. The second kappa shape index (κ2) is 6.31. The van der Waals surface area contributed by atoms with Gasteiger partial charge >= 0.3 is 6.09 Å². The minimum atomic E-state index is -1.19. The lowest BCUT2D eigenvalue weighted by molar-refractivity contribution is 0.00819. The highest BCUT2D eigenvalue weighted by Gasteiger charge is 2.37. The van der Waals surface area contributed by atoms with Crippen molar-refractivity contribution in [3.63, 3.8) is 0 Å². The Bertz CT molecular complexity index is 669. The number of carbonyl (C=O) groups excluding carboxylic acids is 1. The van der Waals surface area contributed by atoms with Gasteiger partial charge in [0, 0.05) is 32.0 Å². The van der Waals surface area contributed by atoms with E-state index in [2.05, 4.69) is 4.98 Å². The molecule has 25 heavy (non-hydrogen) atoms. The maximum absolute atomic E-state index is 14.1. The number of carbonyl (C=O) groups is 1. The maximum atomic E-state index is 14.1. The molecule has 138 valence electrons. The van der Waals surface area contributed by atoms with Crippen molar-refractivity contribution in [3.8, 4) is 0 Å². The first kappa shape index (κ1) is 18.2. The van der Waals surface area contributed by atoms with E-state index in [1.807, 2.05) is 37.8 Å². The Balaban J connectivity index is 1.66. The molecule has 1 unspecified atom stereocenters. The Hall–Kier alpha value is -1.56. The van der Waals surface area contributed by atoms with Crippen molar-refractivity contribution in [1.29, 1.82) is 0 Å². The summed E-state index contributed by atoms with van der Waals surface area (Å²) in [5.41, 5.74) is -0.652. The fourth-order valence-electron chi connectivity index (χ4n) is 3.18. The van der Waals surface area contributed by atoms with Gasteiger partial charge in [-0.15, -0.1) is 0 Å². The van der Waals surface area contributed by atoms with E-state index in [9.17, 15) is 9.18 Å². The monoisotopic (exact) mass is 369 g/mol. The largest absolute Gasteiger partial charge is 0.444 e. The molecule has 0 saturated carbocycles. The number of ether oxygens (including phenoxy) is 1. The van der Waals surface area contributed by atoms with Gasteiger partial charge in [-0.25, -0.2) is 14.2 Å². The van der Waals surface area contributed by atoms with E-state index in [1.165, 1.54) is 0 Å². The fraction of sp³-hybridized carbons (Fsp3) is 0.667. The highest BCUT2D eigenvalue weighted by atomic mass is 35.5. The Morgan fingerprint density at radius 3 is 2.64 bits per heavy atom. The number of amides is 1. The molecule has 3 rings (SSSR count). The second-order valence-electron chi connectivity index (χ2n) is 8.25. The lowest BCUT2D eigenvalue weighted by atomic mass is 9.92. The minimum absolute atomic E-state index is 0.200. The van der Waals surface area contributed by atoms with Gasteiger partial charge in [0.2, 0.25) is 0 Å². The minimum Gasteiger partial charge on any atom is -0.444 e. The standard InChI is InChI=1S/C18H25ClFN3O2/c1-17(2,3)25-16(24)23-9-13(10-23)12-7-14(19)21-15(8-12)22-6-5-18(4,20)11-22/h7-8,13H,5-6,9-11H2,1-4H3. The predicted octanol–water partition coefficient (Wildman–Crippen LogP) is 4.01. The third-order valence-corrected chi connectivity index (χ3v) is 4.75. The zero-order valence-corrected chi connectivity index (χ0v) is 15.9. The number of aromatic nitrogens is 1. The Labute approximate surface area is 153 Å². The number of pyridine rings is 1. The molecule has 2 aliphatic heterocycles. The van der Waals surface area contributed by atoms with Crippen LogP contribution >= 0.6 is 11.6 Å². The quantitative estimate of drug-likeness (QED) is 0.739. The van der Waals surface area contributed by atoms with Gasteiger partial charge in [-0.2, -0.15) is 0 Å². The topological polar surface area (TPSA) is 45.7 Å². The van der Waals surface area contributed by atoms with Crippen LogP contribution in [0.3, 0.4) is 0 Å². The smallest absolute Gasteiger partial charge is 0.410 e. The molecule has 1 aromatic heterocycles. The summed E-state index contributed by atoms with van der Waals surface area (Å²) in [7, 11) is 0. The van der Waals surface area contributed by atoms with Crippen molar-refractivity contribution in [2.24, 2.45) is 0 Å². The molecule has 0 spiro atoms. The Kier molecular flexibility index (Phi) is 4.60. The number of halogens is 2. The van der Waals surface area contributed by atoms with Crippen LogP contribution in [0.5, 0.6) is 0 Å². The summed E-state index contributed by atoms with van der Waals surface area (Å²) >= 11 is 6.17. The van der Waals surface area contributed by atoms with Crippen molar-refractivity contribution in [2.75, 3.05) is 31.1 Å². The van der Waals surface area contributed by atoms with Gasteiger partial charge in [0.15, 0.2) is 0 Å². The van der Waals surface area contributed by atoms with Gasteiger partial charge in [0.25, 0.3) is 0 Å². The summed E-state index contributed by atoms with van der Waals surface area (Å²) in [6.07, 6.45) is 0.198. The Morgan fingerprint density at radius 2 is 2.08 bits per heavy atom. The van der Waals surface area contributed by atoms with Crippen LogP contribution in [0.2, 0.25) is 5.15 Å². The maximum Gasteiger partial charge on any atom is 0.410 e. The van der Waals surface area contributed by atoms with Crippen LogP contribution in [-0.2, 0) is 4.74 Å². The van der Waals surface area contributed by atoms with Crippen LogP contribution in [0.4, 0.5) is 15.0 Å². The number of likely N-dealkylation sites (tertiary alicyclic amines) is 1. The molecule has 1 atom stereocenters. The number of anilines is 1. The Morgan fingerprint density at radius 1 is 1.40 bits per heavy atom. The number of nitrogens with zero attached hydrogens (tertiary/aromatic N) is 3. The number of alkyl halides is 1. The molecule has 1 amide bonds. The van der Waals surface area contributed by atoms with E-state index in [1.54, 1.807) is 11.8 Å². The molecule has 0 bridgehead atoms. The average molecular weight is 370 g/mol. The molecule has 2 fully saturated rings. The van der Waals surface area contributed by atoms with Crippen LogP contribution in [0.25, 0.3) is 0 Å². The molecule has 5 nitrogen and oxygen atoms in total. The molecule has 3 heterocycles. The van der Waals surface area contributed by atoms with Crippen molar-refractivity contribution in [1.82, 2.24) is 9.88 Å². The van der Waals surface area contributed by atoms with Crippen LogP contribution in [0.1, 0.15) is 45.6 Å². The summed E-state index contributed by atoms with van der Waals surface area (Å²) in [5.74, 6) is 0.908. The van der Waals surface area contributed by atoms with Crippen LogP contribution in [0.15, 0.2) is 12.1 Å². The van der Waals surface area contributed by atoms with Crippen molar-refractivity contribution < 1.29 is 13.9 Å². The molecular formula is C18H25ClFN3O2. The highest BCUT2D eigenvalue weighted by Crippen LogP contribution is 2.34. The van der Waals surface area contributed by atoms with Gasteiger partial charge in [-0.05, 0) is 45.4 Å². The molecular weight excluding hydrogens is 345 g/mol. The SMILES string of the molecule is CC1(F)CCN(c2cc(C3CN(C(=O)OC(C)(C)C)C3)cc(Cl)n2)C1. The molecule has 7 heteroatoms. The third kappa shape index (κ3) is 4.35. The van der Waals surface area contributed by atoms with Gasteiger partial charge < -0.3 is 14.5 Å². The summed E-state index contributed by atoms with van der Waals surface area (Å²) in [6, 6.07) is 3.79. The summed E-state index contributed by atoms with van der Waals surface area (Å²) in [5, 5.41) is 0.399. The van der Waals surface area contributed by atoms with E-state index in [0.717, 1.165) is 5.56 Å². The summed E-state index contributed by atoms with van der Waals surface area (Å²) in [6.45, 7) is 9.32. The lowest BCUT2D eigenvalue weighted by Crippen LogP contribution is -2.50. The summed E-state index contributed by atoms with van der Waals surface area (Å²) < 4.78 is 19.5. The first-order valence-corrected chi connectivity index (χ1v) is 8.99. The van der Waals surface area contributed by atoms with E-state index in [-0.39, 0.29) is 12.0 Å². The van der Waals surface area contributed by atoms with Gasteiger partial charge in [-0.1, -0.05) is 11.6 Å². The normalized spacial score (nSPS) is 24.4. The molecule has 0 N–H and O–H groups in total. The number of rotatable bonds is 2. The zero-order valence-electron chi connectivity index (χ0n) is 15.2. The molecule has 0 aliphatic carbocycles. The van der Waals surface area contributed by atoms with E-state index in [0.29, 0.717) is 43.6 Å². The second-order valence-corrected chi connectivity index (χ2v) is 8.64. The van der Waals surface area contributed by atoms with Crippen LogP contribution in [0, 0.1) is 0 Å². The van der Waals surface area contributed by atoms with Crippen molar-refractivity contribution in [2.45, 2.75) is 51.3 Å². The van der Waals surface area contributed by atoms with Crippen molar-refractivity contribution >= 4 is 23.5 Å². The van der Waals surface area contributed by atoms with E-state index < -0.39 is 11.3 Å².